The maximum atomic E-state index is 11.8. The maximum absolute atomic E-state index is 11.8. The van der Waals surface area contributed by atoms with Crippen LogP contribution in [-0.2, 0) is 9.59 Å². The van der Waals surface area contributed by atoms with Crippen LogP contribution in [-0.4, -0.2) is 29.2 Å². The molecule has 15 heavy (non-hydrogen) atoms. The van der Waals surface area contributed by atoms with Gasteiger partial charge in [-0.1, -0.05) is 13.0 Å². The predicted octanol–water partition coefficient (Wildman–Crippen LogP) is 1.70. The highest BCUT2D eigenvalue weighted by atomic mass is 16.2. The fraction of sp³-hybridized carbons (Fsp3) is 0.500. The molecule has 0 bridgehead atoms. The molecule has 0 aliphatic carbocycles. The van der Waals surface area contributed by atoms with E-state index in [1.807, 2.05) is 6.92 Å². The van der Waals surface area contributed by atoms with Crippen LogP contribution in [0.2, 0.25) is 0 Å². The second-order valence-corrected chi connectivity index (χ2v) is 3.73. The van der Waals surface area contributed by atoms with E-state index in [1.54, 1.807) is 17.9 Å². The number of nitrogens with zero attached hydrogens (tertiary/aromatic N) is 1. The lowest BCUT2D eigenvalue weighted by Crippen LogP contribution is -2.48. The largest absolute Gasteiger partial charge is 0.328 e. The molecule has 0 fully saturated rings. The van der Waals surface area contributed by atoms with Crippen molar-refractivity contribution in [3.05, 3.63) is 24.3 Å². The average Bonchev–Trinajstić information content (AvgIpc) is 2.21. The summed E-state index contributed by atoms with van der Waals surface area (Å²) in [5.74, 6) is 0.0157. The van der Waals surface area contributed by atoms with Crippen LogP contribution in [0.25, 0.3) is 0 Å². The topological polar surface area (TPSA) is 37.4 Å². The molecular formula is C12H17NO2. The molecule has 0 saturated carbocycles. The van der Waals surface area contributed by atoms with E-state index in [0.717, 1.165) is 6.42 Å². The molecule has 1 aliphatic rings. The van der Waals surface area contributed by atoms with Crippen molar-refractivity contribution >= 4 is 11.7 Å². The lowest BCUT2D eigenvalue weighted by molar-refractivity contribution is -0.136. The molecule has 0 aromatic rings. The first kappa shape index (κ1) is 11.7. The van der Waals surface area contributed by atoms with Gasteiger partial charge in [0.15, 0.2) is 5.78 Å². The number of carbonyl (C=O) groups is 2. The highest BCUT2D eigenvalue weighted by molar-refractivity contribution is 6.09. The molecule has 3 nitrogen and oxygen atoms in total. The Morgan fingerprint density at radius 3 is 2.73 bits per heavy atom. The molecule has 0 aromatic carbocycles. The highest BCUT2D eigenvalue weighted by Crippen LogP contribution is 2.17. The van der Waals surface area contributed by atoms with E-state index in [1.165, 1.54) is 6.08 Å². The zero-order chi connectivity index (χ0) is 11.4. The summed E-state index contributed by atoms with van der Waals surface area (Å²) in [5, 5.41) is 0. The summed E-state index contributed by atoms with van der Waals surface area (Å²) in [4.78, 5) is 25.1. The van der Waals surface area contributed by atoms with Gasteiger partial charge in [0.1, 0.15) is 0 Å². The van der Waals surface area contributed by atoms with E-state index in [9.17, 15) is 9.59 Å². The van der Waals surface area contributed by atoms with Crippen LogP contribution in [0.5, 0.6) is 0 Å². The van der Waals surface area contributed by atoms with Gasteiger partial charge in [0.05, 0.1) is 6.04 Å². The Morgan fingerprint density at radius 2 is 2.20 bits per heavy atom. The Morgan fingerprint density at radius 1 is 1.53 bits per heavy atom. The van der Waals surface area contributed by atoms with Gasteiger partial charge in [-0.15, -0.1) is 6.58 Å². The van der Waals surface area contributed by atoms with Crippen LogP contribution < -0.4 is 0 Å². The van der Waals surface area contributed by atoms with Crippen molar-refractivity contribution in [1.29, 1.82) is 0 Å². The van der Waals surface area contributed by atoms with Gasteiger partial charge in [-0.05, 0) is 25.8 Å². The summed E-state index contributed by atoms with van der Waals surface area (Å²) in [5.41, 5.74) is 0.536. The second kappa shape index (κ2) is 4.91. The molecule has 82 valence electrons. The van der Waals surface area contributed by atoms with Crippen LogP contribution in [0.15, 0.2) is 24.3 Å². The lowest BCUT2D eigenvalue weighted by atomic mass is 9.99. The van der Waals surface area contributed by atoms with Gasteiger partial charge >= 0.3 is 0 Å². The standard InChI is InChI=1S/C12H17NO2/c1-4-6-7-13-10(5-2)11(14)8-9(3)12(13)15/h4,8,10H,1,5-7H2,2-3H3. The number of rotatable bonds is 4. The maximum Gasteiger partial charge on any atom is 0.250 e. The van der Waals surface area contributed by atoms with E-state index in [4.69, 9.17) is 0 Å². The summed E-state index contributed by atoms with van der Waals surface area (Å²) in [6, 6.07) is -0.277. The highest BCUT2D eigenvalue weighted by Gasteiger charge is 2.31. The fourth-order valence-corrected chi connectivity index (χ4v) is 1.80. The van der Waals surface area contributed by atoms with E-state index in [0.29, 0.717) is 18.5 Å². The van der Waals surface area contributed by atoms with Crippen molar-refractivity contribution < 1.29 is 9.59 Å². The van der Waals surface area contributed by atoms with Crippen molar-refractivity contribution in [3.8, 4) is 0 Å². The van der Waals surface area contributed by atoms with Crippen LogP contribution in [0.1, 0.15) is 26.7 Å². The van der Waals surface area contributed by atoms with Crippen LogP contribution >= 0.6 is 0 Å². The van der Waals surface area contributed by atoms with Gasteiger partial charge in [0.2, 0.25) is 5.91 Å². The average molecular weight is 207 g/mol. The Bertz CT molecular complexity index is 318. The van der Waals surface area contributed by atoms with Crippen molar-refractivity contribution in [1.82, 2.24) is 4.90 Å². The molecule has 1 aliphatic heterocycles. The Kier molecular flexibility index (Phi) is 3.83. The van der Waals surface area contributed by atoms with Crippen molar-refractivity contribution in [2.24, 2.45) is 0 Å². The molecular weight excluding hydrogens is 190 g/mol. The molecule has 1 unspecified atom stereocenters. The molecule has 0 saturated heterocycles. The molecule has 1 rings (SSSR count). The first-order chi connectivity index (χ1) is 7.11. The Labute approximate surface area is 90.5 Å². The zero-order valence-corrected chi connectivity index (χ0v) is 9.32. The first-order valence-corrected chi connectivity index (χ1v) is 5.25. The summed E-state index contributed by atoms with van der Waals surface area (Å²) in [6.45, 7) is 7.81. The van der Waals surface area contributed by atoms with Gasteiger partial charge in [0, 0.05) is 12.1 Å². The number of ketones is 1. The predicted molar refractivity (Wildman–Crippen MR) is 59.4 cm³/mol. The third-order valence-corrected chi connectivity index (χ3v) is 2.62. The summed E-state index contributed by atoms with van der Waals surface area (Å²) in [7, 11) is 0. The quantitative estimate of drug-likeness (QED) is 0.658. The van der Waals surface area contributed by atoms with Crippen LogP contribution in [0.3, 0.4) is 0 Å². The Hall–Kier alpha value is -1.38. The Balaban J connectivity index is 2.89. The smallest absolute Gasteiger partial charge is 0.250 e. The summed E-state index contributed by atoms with van der Waals surface area (Å²) < 4.78 is 0. The fourth-order valence-electron chi connectivity index (χ4n) is 1.80. The molecule has 0 radical (unpaired) electrons. The number of carbonyl (C=O) groups excluding carboxylic acids is 2. The number of amides is 1. The van der Waals surface area contributed by atoms with Crippen LogP contribution in [0.4, 0.5) is 0 Å². The molecule has 0 N–H and O–H groups in total. The number of hydrogen-bond donors (Lipinski definition) is 0. The molecule has 1 atom stereocenters. The SMILES string of the molecule is C=CCCN1C(=O)C(C)=CC(=O)C1CC. The van der Waals surface area contributed by atoms with Gasteiger partial charge in [-0.25, -0.2) is 0 Å². The van der Waals surface area contributed by atoms with Gasteiger partial charge in [-0.2, -0.15) is 0 Å². The van der Waals surface area contributed by atoms with Crippen molar-refractivity contribution in [3.63, 3.8) is 0 Å². The van der Waals surface area contributed by atoms with E-state index < -0.39 is 0 Å². The minimum absolute atomic E-state index is 0.0247. The monoisotopic (exact) mass is 207 g/mol. The van der Waals surface area contributed by atoms with Gasteiger partial charge in [0.25, 0.3) is 0 Å². The zero-order valence-electron chi connectivity index (χ0n) is 9.32. The van der Waals surface area contributed by atoms with Gasteiger partial charge in [-0.3, -0.25) is 9.59 Å². The second-order valence-electron chi connectivity index (χ2n) is 3.73. The lowest BCUT2D eigenvalue weighted by Gasteiger charge is -2.32. The van der Waals surface area contributed by atoms with E-state index in [-0.39, 0.29) is 17.7 Å². The molecule has 1 amide bonds. The summed E-state index contributed by atoms with van der Waals surface area (Å²) in [6.07, 6.45) is 4.62. The molecule has 1 heterocycles. The van der Waals surface area contributed by atoms with Crippen molar-refractivity contribution in [2.45, 2.75) is 32.7 Å². The molecule has 0 spiro atoms. The van der Waals surface area contributed by atoms with E-state index in [2.05, 4.69) is 6.58 Å². The van der Waals surface area contributed by atoms with Crippen molar-refractivity contribution in [2.75, 3.05) is 6.54 Å². The minimum atomic E-state index is -0.277. The third-order valence-electron chi connectivity index (χ3n) is 2.62. The normalized spacial score (nSPS) is 21.6. The minimum Gasteiger partial charge on any atom is -0.328 e. The van der Waals surface area contributed by atoms with Gasteiger partial charge < -0.3 is 4.90 Å². The number of hydrogen-bond acceptors (Lipinski definition) is 2. The molecule has 3 heteroatoms. The third kappa shape index (κ3) is 2.35. The van der Waals surface area contributed by atoms with E-state index >= 15 is 0 Å². The molecule has 0 aromatic heterocycles. The van der Waals surface area contributed by atoms with Crippen LogP contribution in [0, 0.1) is 0 Å². The summed E-state index contributed by atoms with van der Waals surface area (Å²) >= 11 is 0. The first-order valence-electron chi connectivity index (χ1n) is 5.25.